The van der Waals surface area contributed by atoms with Crippen LogP contribution in [0.15, 0.2) is 60.7 Å². The van der Waals surface area contributed by atoms with Gasteiger partial charge in [0, 0.05) is 42.9 Å². The molecule has 0 aromatic heterocycles. The maximum Gasteiger partial charge on any atom is 0.297 e. The van der Waals surface area contributed by atoms with Gasteiger partial charge in [-0.25, -0.2) is 0 Å². The van der Waals surface area contributed by atoms with E-state index < -0.39 is 9.85 Å². The zero-order chi connectivity index (χ0) is 25.7. The summed E-state index contributed by atoms with van der Waals surface area (Å²) in [5.41, 5.74) is 23.3. The molecule has 0 heterocycles. The number of anilines is 4. The molecule has 0 saturated carbocycles. The third kappa shape index (κ3) is 8.26. The SMILES string of the molecule is Nc1ccc(CCO)c([N+](=O)[O-])c1N.Nc1cccc(CCO)c1[N+](=O)[O-].Nc1ccccc1. The molecule has 0 unspecified atom stereocenters. The Morgan fingerprint density at radius 2 is 1.18 bits per heavy atom. The first-order valence-electron chi connectivity index (χ1n) is 9.99. The van der Waals surface area contributed by atoms with Gasteiger partial charge in [0.2, 0.25) is 0 Å². The topological polar surface area (TPSA) is 231 Å². The summed E-state index contributed by atoms with van der Waals surface area (Å²) in [6.45, 7) is -0.283. The van der Waals surface area contributed by atoms with Gasteiger partial charge >= 0.3 is 0 Å². The predicted molar refractivity (Wildman–Crippen MR) is 132 cm³/mol. The van der Waals surface area contributed by atoms with Crippen LogP contribution in [-0.2, 0) is 12.8 Å². The number of nitro benzene ring substituents is 2. The molecule has 3 rings (SSSR count). The van der Waals surface area contributed by atoms with Gasteiger partial charge in [0.15, 0.2) is 0 Å². The molecule has 0 fully saturated rings. The molecule has 3 aromatic carbocycles. The molecule has 0 atom stereocenters. The molecule has 182 valence electrons. The molecule has 0 aliphatic heterocycles. The number of aliphatic hydroxyl groups excluding tert-OH is 2. The van der Waals surface area contributed by atoms with Gasteiger partial charge < -0.3 is 33.1 Å². The second-order valence-corrected chi connectivity index (χ2v) is 6.80. The monoisotopic (exact) mass is 472 g/mol. The lowest BCUT2D eigenvalue weighted by molar-refractivity contribution is -0.384. The maximum atomic E-state index is 10.7. The average Bonchev–Trinajstić information content (AvgIpc) is 2.78. The van der Waals surface area contributed by atoms with Crippen molar-refractivity contribution in [3.05, 3.63) is 92.0 Å². The molecule has 0 radical (unpaired) electrons. The van der Waals surface area contributed by atoms with Crippen LogP contribution >= 0.6 is 0 Å². The van der Waals surface area contributed by atoms with E-state index in [-0.39, 0.29) is 54.5 Å². The minimum absolute atomic E-state index is 0.0408. The molecular formula is C22H28N6O6. The summed E-state index contributed by atoms with van der Waals surface area (Å²) in [6.07, 6.45) is 0.447. The van der Waals surface area contributed by atoms with Crippen LogP contribution in [0.2, 0.25) is 0 Å². The first-order chi connectivity index (χ1) is 16.1. The maximum absolute atomic E-state index is 10.7. The van der Waals surface area contributed by atoms with Gasteiger partial charge in [-0.15, -0.1) is 0 Å². The summed E-state index contributed by atoms with van der Waals surface area (Å²) >= 11 is 0. The Bertz CT molecular complexity index is 1090. The Labute approximate surface area is 195 Å². The van der Waals surface area contributed by atoms with E-state index in [2.05, 4.69) is 0 Å². The Balaban J connectivity index is 0.000000268. The third-order valence-electron chi connectivity index (χ3n) is 4.41. The van der Waals surface area contributed by atoms with E-state index in [0.29, 0.717) is 11.1 Å². The molecule has 0 amide bonds. The highest BCUT2D eigenvalue weighted by atomic mass is 16.6. The van der Waals surface area contributed by atoms with Crippen molar-refractivity contribution in [2.45, 2.75) is 12.8 Å². The standard InChI is InChI=1S/C8H11N3O3.C8H10N2O3.C6H7N/c9-6-2-1-5(3-4-12)8(7(6)10)11(13)14;9-7-3-1-2-6(4-5-11)8(7)10(12)13;7-6-4-2-1-3-5-6/h1-2,12H,3-4,9-10H2;1-3,11H,4-5,9H2;1-5H,7H2. The second kappa shape index (κ2) is 13.9. The van der Waals surface area contributed by atoms with Gasteiger partial charge in [0.05, 0.1) is 15.5 Å². The van der Waals surface area contributed by atoms with Gasteiger partial charge in [-0.05, 0) is 30.3 Å². The number of hydrogen-bond acceptors (Lipinski definition) is 10. The quantitative estimate of drug-likeness (QED) is 0.174. The molecule has 0 spiro atoms. The van der Waals surface area contributed by atoms with Crippen LogP contribution in [0.4, 0.5) is 34.1 Å². The van der Waals surface area contributed by atoms with Crippen LogP contribution in [0.3, 0.4) is 0 Å². The van der Waals surface area contributed by atoms with E-state index in [9.17, 15) is 20.2 Å². The number of nitrogens with two attached hydrogens (primary N) is 4. The number of nitro groups is 2. The fraction of sp³-hybridized carbons (Fsp3) is 0.182. The second-order valence-electron chi connectivity index (χ2n) is 6.80. The number of nitrogen functional groups attached to an aromatic ring is 4. The van der Waals surface area contributed by atoms with Crippen molar-refractivity contribution in [3.63, 3.8) is 0 Å². The van der Waals surface area contributed by atoms with E-state index in [1.165, 1.54) is 18.2 Å². The van der Waals surface area contributed by atoms with Crippen molar-refractivity contribution in [1.82, 2.24) is 0 Å². The summed E-state index contributed by atoms with van der Waals surface area (Å²) in [5, 5.41) is 38.6. The summed E-state index contributed by atoms with van der Waals surface area (Å²) in [7, 11) is 0. The first-order valence-corrected chi connectivity index (χ1v) is 9.99. The van der Waals surface area contributed by atoms with Crippen molar-refractivity contribution in [2.24, 2.45) is 0 Å². The molecule has 0 saturated heterocycles. The fourth-order valence-corrected chi connectivity index (χ4v) is 2.82. The Hall–Kier alpha value is -4.42. The number of rotatable bonds is 6. The van der Waals surface area contributed by atoms with E-state index in [4.69, 9.17) is 33.1 Å². The van der Waals surface area contributed by atoms with Gasteiger partial charge in [-0.2, -0.15) is 0 Å². The Kier molecular flexibility index (Phi) is 11.3. The number of benzene rings is 3. The van der Waals surface area contributed by atoms with Crippen LogP contribution in [0.25, 0.3) is 0 Å². The van der Waals surface area contributed by atoms with Crippen molar-refractivity contribution >= 4 is 34.1 Å². The average molecular weight is 473 g/mol. The molecule has 3 aromatic rings. The number of aliphatic hydroxyl groups is 2. The first kappa shape index (κ1) is 27.6. The highest BCUT2D eigenvalue weighted by Crippen LogP contribution is 2.31. The normalized spacial score (nSPS) is 9.71. The van der Waals surface area contributed by atoms with E-state index in [1.54, 1.807) is 12.1 Å². The van der Waals surface area contributed by atoms with Gasteiger partial charge in [-0.3, -0.25) is 20.2 Å². The third-order valence-corrected chi connectivity index (χ3v) is 4.41. The zero-order valence-corrected chi connectivity index (χ0v) is 18.3. The zero-order valence-electron chi connectivity index (χ0n) is 18.3. The Morgan fingerprint density at radius 3 is 1.62 bits per heavy atom. The summed E-state index contributed by atoms with van der Waals surface area (Å²) in [5.74, 6) is 0. The molecule has 34 heavy (non-hydrogen) atoms. The van der Waals surface area contributed by atoms with Crippen LogP contribution in [-0.4, -0.2) is 33.3 Å². The lowest BCUT2D eigenvalue weighted by Crippen LogP contribution is -2.05. The molecule has 0 aliphatic carbocycles. The van der Waals surface area contributed by atoms with Crippen molar-refractivity contribution in [3.8, 4) is 0 Å². The summed E-state index contributed by atoms with van der Waals surface area (Å²) < 4.78 is 0. The van der Waals surface area contributed by atoms with Crippen molar-refractivity contribution < 1.29 is 20.1 Å². The summed E-state index contributed by atoms with van der Waals surface area (Å²) in [6, 6.07) is 17.2. The van der Waals surface area contributed by atoms with Crippen LogP contribution in [0.5, 0.6) is 0 Å². The molecule has 12 nitrogen and oxygen atoms in total. The molecule has 0 aliphatic rings. The summed E-state index contributed by atoms with van der Waals surface area (Å²) in [4.78, 5) is 20.1. The lowest BCUT2D eigenvalue weighted by Gasteiger charge is -2.05. The molecule has 10 N–H and O–H groups in total. The van der Waals surface area contributed by atoms with Gasteiger partial charge in [0.25, 0.3) is 11.4 Å². The van der Waals surface area contributed by atoms with E-state index in [0.717, 1.165) is 5.69 Å². The highest BCUT2D eigenvalue weighted by molar-refractivity contribution is 5.76. The highest BCUT2D eigenvalue weighted by Gasteiger charge is 2.19. The fourth-order valence-electron chi connectivity index (χ4n) is 2.82. The smallest absolute Gasteiger partial charge is 0.297 e. The number of hydrogen-bond donors (Lipinski definition) is 6. The van der Waals surface area contributed by atoms with Gasteiger partial charge in [-0.1, -0.05) is 30.3 Å². The molecule has 0 bridgehead atoms. The van der Waals surface area contributed by atoms with Gasteiger partial charge in [0.1, 0.15) is 11.4 Å². The van der Waals surface area contributed by atoms with Crippen LogP contribution in [0, 0.1) is 20.2 Å². The van der Waals surface area contributed by atoms with E-state index in [1.807, 2.05) is 30.3 Å². The number of nitrogens with zero attached hydrogens (tertiary/aromatic N) is 2. The Morgan fingerprint density at radius 1 is 0.647 bits per heavy atom. The molecule has 12 heteroatoms. The van der Waals surface area contributed by atoms with Crippen molar-refractivity contribution in [2.75, 3.05) is 36.1 Å². The van der Waals surface area contributed by atoms with Crippen LogP contribution in [0.1, 0.15) is 11.1 Å². The minimum Gasteiger partial charge on any atom is -0.399 e. The molecular weight excluding hydrogens is 444 g/mol. The van der Waals surface area contributed by atoms with E-state index >= 15 is 0 Å². The largest absolute Gasteiger partial charge is 0.399 e. The van der Waals surface area contributed by atoms with Crippen LogP contribution < -0.4 is 22.9 Å². The minimum atomic E-state index is -0.587. The number of para-hydroxylation sites is 2. The lowest BCUT2D eigenvalue weighted by atomic mass is 10.1. The van der Waals surface area contributed by atoms with Crippen molar-refractivity contribution in [1.29, 1.82) is 0 Å². The predicted octanol–water partition coefficient (Wildman–Crippen LogP) is 2.27.